The molecule has 1 unspecified atom stereocenters. The number of nitrogens with zero attached hydrogens (tertiary/aromatic N) is 3. The molecule has 1 fully saturated rings. The number of aliphatic hydroxyl groups excluding tert-OH is 1. The summed E-state index contributed by atoms with van der Waals surface area (Å²) in [6, 6.07) is 18.0. The van der Waals surface area contributed by atoms with Gasteiger partial charge in [-0.2, -0.15) is 4.68 Å². The molecule has 7 heteroatoms. The van der Waals surface area contributed by atoms with Crippen molar-refractivity contribution in [2.75, 3.05) is 13.1 Å². The van der Waals surface area contributed by atoms with Crippen LogP contribution < -0.4 is 9.64 Å². The quantitative estimate of drug-likeness (QED) is 0.611. The molecule has 0 amide bonds. The van der Waals surface area contributed by atoms with Crippen molar-refractivity contribution in [3.8, 4) is 11.4 Å². The fourth-order valence-electron chi connectivity index (χ4n) is 3.83. The van der Waals surface area contributed by atoms with Gasteiger partial charge in [0.25, 0.3) is 0 Å². The van der Waals surface area contributed by atoms with E-state index < -0.39 is 0 Å². The minimum absolute atomic E-state index is 0.243. The van der Waals surface area contributed by atoms with Crippen LogP contribution in [0, 0.1) is 11.7 Å². The molecule has 1 aromatic heterocycles. The van der Waals surface area contributed by atoms with Crippen molar-refractivity contribution in [1.82, 2.24) is 14.3 Å². The van der Waals surface area contributed by atoms with Crippen molar-refractivity contribution in [2.45, 2.75) is 39.1 Å². The van der Waals surface area contributed by atoms with E-state index in [0.717, 1.165) is 48.8 Å². The van der Waals surface area contributed by atoms with Gasteiger partial charge in [-0.15, -0.1) is 5.10 Å². The summed E-state index contributed by atoms with van der Waals surface area (Å²) >= 11 is 5.78. The summed E-state index contributed by atoms with van der Waals surface area (Å²) in [7, 11) is 0. The lowest BCUT2D eigenvalue weighted by Gasteiger charge is -2.26. The summed E-state index contributed by atoms with van der Waals surface area (Å²) in [6.45, 7) is 4.76. The van der Waals surface area contributed by atoms with Crippen molar-refractivity contribution in [1.29, 1.82) is 0 Å². The molecule has 3 aromatic rings. The third-order valence-electron chi connectivity index (χ3n) is 5.34. The Bertz CT molecular complexity index is 1020. The normalized spacial score (nSPS) is 19.2. The first-order chi connectivity index (χ1) is 14.1. The summed E-state index contributed by atoms with van der Waals surface area (Å²) < 4.78 is 10.6. The Morgan fingerprint density at radius 1 is 1.17 bits per heavy atom. The molecule has 2 atom stereocenters. The third kappa shape index (κ3) is 4.58. The Kier molecular flexibility index (Phi) is 6.08. The highest BCUT2D eigenvalue weighted by Gasteiger charge is 2.23. The molecule has 1 saturated heterocycles. The first kappa shape index (κ1) is 19.8. The number of nitrogens with one attached hydrogen (secondary N) is 1. The highest BCUT2D eigenvalue weighted by atomic mass is 32.1. The Hall–Kier alpha value is -2.48. The zero-order chi connectivity index (χ0) is 20.2. The van der Waals surface area contributed by atoms with E-state index in [1.807, 2.05) is 70.8 Å². The van der Waals surface area contributed by atoms with Crippen molar-refractivity contribution in [3.63, 3.8) is 0 Å². The third-order valence-corrected chi connectivity index (χ3v) is 5.73. The van der Waals surface area contributed by atoms with Crippen LogP contribution in [0.3, 0.4) is 0 Å². The van der Waals surface area contributed by atoms with E-state index in [0.29, 0.717) is 18.0 Å². The number of para-hydroxylation sites is 2. The van der Waals surface area contributed by atoms with Crippen molar-refractivity contribution in [3.05, 3.63) is 70.8 Å². The molecule has 1 aliphatic heterocycles. The number of rotatable bonds is 6. The van der Waals surface area contributed by atoms with E-state index >= 15 is 0 Å². The molecular formula is C22H27N4O2S+. The maximum atomic E-state index is 10.00. The maximum Gasteiger partial charge on any atom is 0.207 e. The van der Waals surface area contributed by atoms with Crippen molar-refractivity contribution >= 4 is 12.2 Å². The summed E-state index contributed by atoms with van der Waals surface area (Å²) in [4.78, 5) is 1.30. The van der Waals surface area contributed by atoms with Crippen molar-refractivity contribution in [2.24, 2.45) is 0 Å². The zero-order valence-electron chi connectivity index (χ0n) is 16.6. The predicted octanol–water partition coefficient (Wildman–Crippen LogP) is 2.29. The number of ether oxygens (including phenoxy) is 1. The second-order valence-corrected chi connectivity index (χ2v) is 7.95. The Morgan fingerprint density at radius 2 is 1.93 bits per heavy atom. The first-order valence-electron chi connectivity index (χ1n) is 10.1. The van der Waals surface area contributed by atoms with E-state index in [2.05, 4.69) is 0 Å². The molecule has 2 N–H and O–H groups in total. The van der Waals surface area contributed by atoms with E-state index in [4.69, 9.17) is 22.1 Å². The molecule has 1 aliphatic rings. The number of benzene rings is 2. The molecule has 29 heavy (non-hydrogen) atoms. The Morgan fingerprint density at radius 3 is 2.69 bits per heavy atom. The number of aromatic nitrogens is 3. The van der Waals surface area contributed by atoms with Gasteiger partial charge in [-0.1, -0.05) is 36.4 Å². The molecule has 4 rings (SSSR count). The molecule has 0 aliphatic carbocycles. The summed E-state index contributed by atoms with van der Waals surface area (Å²) in [6.07, 6.45) is 1.66. The molecular weight excluding hydrogens is 384 g/mol. The van der Waals surface area contributed by atoms with E-state index in [1.54, 1.807) is 0 Å². The molecule has 0 radical (unpaired) electrons. The van der Waals surface area contributed by atoms with Crippen LogP contribution in [-0.2, 0) is 13.3 Å². The van der Waals surface area contributed by atoms with Gasteiger partial charge in [0.1, 0.15) is 25.0 Å². The van der Waals surface area contributed by atoms with Crippen molar-refractivity contribution < 1.29 is 14.7 Å². The van der Waals surface area contributed by atoms with Gasteiger partial charge in [0.05, 0.1) is 6.54 Å². The summed E-state index contributed by atoms with van der Waals surface area (Å²) in [5.41, 5.74) is 2.06. The van der Waals surface area contributed by atoms with Gasteiger partial charge in [0, 0.05) is 5.69 Å². The monoisotopic (exact) mass is 411 g/mol. The predicted molar refractivity (Wildman–Crippen MR) is 114 cm³/mol. The fourth-order valence-corrected chi connectivity index (χ4v) is 4.14. The lowest BCUT2D eigenvalue weighted by atomic mass is 10.1. The van der Waals surface area contributed by atoms with Crippen LogP contribution in [0.2, 0.25) is 0 Å². The van der Waals surface area contributed by atoms with E-state index in [1.165, 1.54) is 4.90 Å². The number of quaternary nitrogens is 1. The van der Waals surface area contributed by atoms with Crippen LogP contribution in [0.25, 0.3) is 5.69 Å². The van der Waals surface area contributed by atoms with Gasteiger partial charge >= 0.3 is 0 Å². The number of likely N-dealkylation sites (tertiary alicyclic amines) is 1. The fraction of sp³-hybridized carbons (Fsp3) is 0.364. The van der Waals surface area contributed by atoms with Crippen LogP contribution in [0.15, 0.2) is 54.6 Å². The molecule has 6 nitrogen and oxygen atoms in total. The molecule has 2 heterocycles. The van der Waals surface area contributed by atoms with Gasteiger partial charge in [-0.05, 0) is 55.7 Å². The second-order valence-electron chi connectivity index (χ2n) is 7.58. The zero-order valence-corrected chi connectivity index (χ0v) is 17.4. The Labute approximate surface area is 176 Å². The number of aliphatic hydroxyl groups is 1. The van der Waals surface area contributed by atoms with Gasteiger partial charge < -0.3 is 14.7 Å². The lowest BCUT2D eigenvalue weighted by Crippen LogP contribution is -3.13. The van der Waals surface area contributed by atoms with Crippen LogP contribution in [-0.4, -0.2) is 38.6 Å². The average Bonchev–Trinajstić information content (AvgIpc) is 3.03. The molecule has 0 saturated carbocycles. The topological polar surface area (TPSA) is 56.6 Å². The number of piperidine rings is 1. The second kappa shape index (κ2) is 8.90. The van der Waals surface area contributed by atoms with E-state index in [9.17, 15) is 5.11 Å². The molecule has 0 bridgehead atoms. The average molecular weight is 412 g/mol. The highest BCUT2D eigenvalue weighted by molar-refractivity contribution is 7.71. The first-order valence-corrected chi connectivity index (χ1v) is 10.5. The Balaban J connectivity index is 1.63. The highest BCUT2D eigenvalue weighted by Crippen LogP contribution is 2.19. The van der Waals surface area contributed by atoms with Gasteiger partial charge in [0.2, 0.25) is 4.77 Å². The summed E-state index contributed by atoms with van der Waals surface area (Å²) in [5, 5.41) is 14.8. The number of hydrogen-bond acceptors (Lipinski definition) is 4. The van der Waals surface area contributed by atoms with Crippen LogP contribution in [0.1, 0.15) is 24.2 Å². The standard InChI is InChI=1S/C22H26N4O2S/c1-17-8-5-6-12-20(17)28-15-21-23-25(16-24-13-7-11-19(27)14-24)22(29)26(21)18-9-3-2-4-10-18/h2-6,8-10,12,19,27H,7,11,13-16H2,1H3/p+1/t19-/m1/s1. The summed E-state index contributed by atoms with van der Waals surface area (Å²) in [5.74, 6) is 1.61. The van der Waals surface area contributed by atoms with E-state index in [-0.39, 0.29) is 6.10 Å². The number of hydrogen-bond donors (Lipinski definition) is 2. The van der Waals surface area contributed by atoms with Gasteiger partial charge in [0.15, 0.2) is 12.5 Å². The van der Waals surface area contributed by atoms with Crippen LogP contribution >= 0.6 is 12.2 Å². The minimum atomic E-state index is -0.243. The largest absolute Gasteiger partial charge is 0.485 e. The van der Waals surface area contributed by atoms with Gasteiger partial charge in [-0.25, -0.2) is 0 Å². The van der Waals surface area contributed by atoms with Crippen LogP contribution in [0.5, 0.6) is 5.75 Å². The maximum absolute atomic E-state index is 10.00. The molecule has 2 aromatic carbocycles. The number of aryl methyl sites for hydroxylation is 1. The SMILES string of the molecule is Cc1ccccc1OCc1nn(C[NH+]2CCC[C@@H](O)C2)c(=S)n1-c1ccccc1. The molecule has 152 valence electrons. The van der Waals surface area contributed by atoms with Gasteiger partial charge in [-0.3, -0.25) is 4.57 Å². The molecule has 0 spiro atoms. The minimum Gasteiger partial charge on any atom is -0.485 e. The smallest absolute Gasteiger partial charge is 0.207 e. The lowest BCUT2D eigenvalue weighted by molar-refractivity contribution is -0.931. The van der Waals surface area contributed by atoms with Crippen LogP contribution in [0.4, 0.5) is 0 Å².